The molecule has 0 saturated carbocycles. The standard InChI is InChI=1S/C16H19N3O5/c1-5-23-16(22)14-8(2)13(10(4)19-14)15(21)24-7-12(20)11(6-17)9(3)18/h11,18-19H,5,7H2,1-4H3/t11-/m0/s1. The van der Waals surface area contributed by atoms with Crippen LogP contribution in [-0.4, -0.2) is 41.6 Å². The van der Waals surface area contributed by atoms with Gasteiger partial charge in [-0.05, 0) is 33.3 Å². The third-order valence-electron chi connectivity index (χ3n) is 3.35. The maximum atomic E-state index is 12.2. The summed E-state index contributed by atoms with van der Waals surface area (Å²) in [5, 5.41) is 16.2. The van der Waals surface area contributed by atoms with E-state index in [2.05, 4.69) is 4.98 Å². The number of hydrogen-bond acceptors (Lipinski definition) is 7. The van der Waals surface area contributed by atoms with Crippen LogP contribution in [0.3, 0.4) is 0 Å². The van der Waals surface area contributed by atoms with Gasteiger partial charge in [0.15, 0.2) is 12.4 Å². The van der Waals surface area contributed by atoms with Gasteiger partial charge in [0.25, 0.3) is 0 Å². The van der Waals surface area contributed by atoms with Crippen LogP contribution >= 0.6 is 0 Å². The molecule has 128 valence electrons. The van der Waals surface area contributed by atoms with Crippen LogP contribution in [0.4, 0.5) is 0 Å². The zero-order valence-corrected chi connectivity index (χ0v) is 14.0. The molecule has 0 bridgehead atoms. The van der Waals surface area contributed by atoms with Gasteiger partial charge < -0.3 is 19.9 Å². The topological polar surface area (TPSA) is 133 Å². The van der Waals surface area contributed by atoms with Crippen LogP contribution in [0.2, 0.25) is 0 Å². The number of nitriles is 1. The minimum Gasteiger partial charge on any atom is -0.461 e. The van der Waals surface area contributed by atoms with Crippen molar-refractivity contribution in [3.63, 3.8) is 0 Å². The molecule has 1 heterocycles. The number of ketones is 1. The number of nitrogens with zero attached hydrogens (tertiary/aromatic N) is 1. The van der Waals surface area contributed by atoms with E-state index >= 15 is 0 Å². The van der Waals surface area contributed by atoms with Crippen molar-refractivity contribution >= 4 is 23.4 Å². The number of Topliss-reactive ketones (excluding diaryl/α,β-unsaturated/α-hetero) is 1. The van der Waals surface area contributed by atoms with Crippen molar-refractivity contribution in [3.8, 4) is 6.07 Å². The number of aromatic amines is 1. The van der Waals surface area contributed by atoms with Crippen LogP contribution in [-0.2, 0) is 14.3 Å². The third kappa shape index (κ3) is 4.07. The predicted molar refractivity (Wildman–Crippen MR) is 84.0 cm³/mol. The number of rotatable bonds is 7. The first-order chi connectivity index (χ1) is 11.2. The van der Waals surface area contributed by atoms with E-state index in [0.717, 1.165) is 0 Å². The van der Waals surface area contributed by atoms with Crippen molar-refractivity contribution in [3.05, 3.63) is 22.5 Å². The average Bonchev–Trinajstić information content (AvgIpc) is 2.80. The maximum Gasteiger partial charge on any atom is 0.355 e. The first-order valence-corrected chi connectivity index (χ1v) is 7.25. The molecule has 8 nitrogen and oxygen atoms in total. The second kappa shape index (κ2) is 8.06. The summed E-state index contributed by atoms with van der Waals surface area (Å²) in [6.45, 7) is 5.73. The summed E-state index contributed by atoms with van der Waals surface area (Å²) in [6, 6.07) is 1.69. The van der Waals surface area contributed by atoms with Crippen LogP contribution in [0.1, 0.15) is 46.0 Å². The molecule has 0 fully saturated rings. The van der Waals surface area contributed by atoms with E-state index in [9.17, 15) is 14.4 Å². The summed E-state index contributed by atoms with van der Waals surface area (Å²) in [5.41, 5.74) is 0.956. The van der Waals surface area contributed by atoms with E-state index in [-0.39, 0.29) is 23.6 Å². The van der Waals surface area contributed by atoms with Crippen molar-refractivity contribution < 1.29 is 23.9 Å². The molecule has 8 heteroatoms. The van der Waals surface area contributed by atoms with E-state index in [1.54, 1.807) is 26.8 Å². The Balaban J connectivity index is 2.90. The van der Waals surface area contributed by atoms with Crippen LogP contribution < -0.4 is 0 Å². The summed E-state index contributed by atoms with van der Waals surface area (Å²) >= 11 is 0. The monoisotopic (exact) mass is 333 g/mol. The predicted octanol–water partition coefficient (Wildman–Crippen LogP) is 1.71. The summed E-state index contributed by atoms with van der Waals surface area (Å²) in [7, 11) is 0. The quantitative estimate of drug-likeness (QED) is 0.576. The summed E-state index contributed by atoms with van der Waals surface area (Å²) in [6.07, 6.45) is 0. The number of aryl methyl sites for hydroxylation is 1. The molecule has 0 aliphatic heterocycles. The number of ether oxygens (including phenoxy) is 2. The Morgan fingerprint density at radius 1 is 1.25 bits per heavy atom. The Kier molecular flexibility index (Phi) is 6.41. The highest BCUT2D eigenvalue weighted by Gasteiger charge is 2.26. The number of H-pyrrole nitrogens is 1. The average molecular weight is 333 g/mol. The number of carbonyl (C=O) groups excluding carboxylic acids is 3. The number of aromatic nitrogens is 1. The highest BCUT2D eigenvalue weighted by atomic mass is 16.5. The SMILES string of the molecule is CCOC(=O)c1[nH]c(C)c(C(=O)OCC(=O)[C@@H](C#N)C(C)=N)c1C. The molecule has 24 heavy (non-hydrogen) atoms. The largest absolute Gasteiger partial charge is 0.461 e. The van der Waals surface area contributed by atoms with Crippen LogP contribution in [0.5, 0.6) is 0 Å². The fraction of sp³-hybridized carbons (Fsp3) is 0.438. The highest BCUT2D eigenvalue weighted by Crippen LogP contribution is 2.20. The van der Waals surface area contributed by atoms with Crippen molar-refractivity contribution in [1.29, 1.82) is 10.7 Å². The number of esters is 2. The van der Waals surface area contributed by atoms with Crippen molar-refractivity contribution in [2.45, 2.75) is 27.7 Å². The molecule has 0 saturated heterocycles. The minimum atomic E-state index is -1.23. The molecule has 0 amide bonds. The zero-order valence-electron chi connectivity index (χ0n) is 14.0. The molecule has 1 aromatic rings. The fourth-order valence-corrected chi connectivity index (χ4v) is 2.17. The molecule has 1 rings (SSSR count). The lowest BCUT2D eigenvalue weighted by Gasteiger charge is -2.08. The van der Waals surface area contributed by atoms with Gasteiger partial charge in [0.05, 0.1) is 18.2 Å². The summed E-state index contributed by atoms with van der Waals surface area (Å²) in [4.78, 5) is 38.6. The molecule has 0 aliphatic carbocycles. The lowest BCUT2D eigenvalue weighted by Crippen LogP contribution is -2.25. The van der Waals surface area contributed by atoms with E-state index in [4.69, 9.17) is 20.1 Å². The normalized spacial score (nSPS) is 11.3. The molecule has 1 atom stereocenters. The Morgan fingerprint density at radius 2 is 1.88 bits per heavy atom. The minimum absolute atomic E-state index is 0.114. The Bertz CT molecular complexity index is 727. The van der Waals surface area contributed by atoms with E-state index in [0.29, 0.717) is 11.3 Å². The molecule has 0 aliphatic rings. The number of nitrogens with one attached hydrogen (secondary N) is 2. The number of hydrogen-bond donors (Lipinski definition) is 2. The molecule has 0 unspecified atom stereocenters. The van der Waals surface area contributed by atoms with Gasteiger partial charge in [0.2, 0.25) is 0 Å². The highest BCUT2D eigenvalue weighted by molar-refractivity contribution is 6.06. The van der Waals surface area contributed by atoms with Gasteiger partial charge in [-0.2, -0.15) is 5.26 Å². The Morgan fingerprint density at radius 3 is 2.38 bits per heavy atom. The molecular weight excluding hydrogens is 314 g/mol. The van der Waals surface area contributed by atoms with Gasteiger partial charge in [0.1, 0.15) is 11.6 Å². The molecule has 0 radical (unpaired) electrons. The Labute approximate surface area is 139 Å². The van der Waals surface area contributed by atoms with Crippen molar-refractivity contribution in [1.82, 2.24) is 4.98 Å². The fourth-order valence-electron chi connectivity index (χ4n) is 2.17. The Hall–Kier alpha value is -2.95. The van der Waals surface area contributed by atoms with Crippen LogP contribution in [0.25, 0.3) is 0 Å². The van der Waals surface area contributed by atoms with Gasteiger partial charge in [-0.25, -0.2) is 9.59 Å². The lowest BCUT2D eigenvalue weighted by atomic mass is 10.0. The number of carbonyl (C=O) groups is 3. The molecular formula is C16H19N3O5. The van der Waals surface area contributed by atoms with Gasteiger partial charge in [0, 0.05) is 11.4 Å². The molecule has 1 aromatic heterocycles. The van der Waals surface area contributed by atoms with Gasteiger partial charge in [-0.3, -0.25) is 4.79 Å². The van der Waals surface area contributed by atoms with Gasteiger partial charge in [-0.1, -0.05) is 0 Å². The summed E-state index contributed by atoms with van der Waals surface area (Å²) in [5.74, 6) is -3.28. The van der Waals surface area contributed by atoms with Gasteiger partial charge >= 0.3 is 11.9 Å². The van der Waals surface area contributed by atoms with Crippen molar-refractivity contribution in [2.24, 2.45) is 5.92 Å². The van der Waals surface area contributed by atoms with E-state index in [1.807, 2.05) is 0 Å². The second-order valence-corrected chi connectivity index (χ2v) is 5.13. The first kappa shape index (κ1) is 19.1. The van der Waals surface area contributed by atoms with E-state index in [1.165, 1.54) is 6.92 Å². The smallest absolute Gasteiger partial charge is 0.355 e. The molecule has 2 N–H and O–H groups in total. The second-order valence-electron chi connectivity index (χ2n) is 5.13. The zero-order chi connectivity index (χ0) is 18.4. The van der Waals surface area contributed by atoms with Crippen molar-refractivity contribution in [2.75, 3.05) is 13.2 Å². The van der Waals surface area contributed by atoms with Gasteiger partial charge in [-0.15, -0.1) is 0 Å². The van der Waals surface area contributed by atoms with Crippen LogP contribution in [0.15, 0.2) is 0 Å². The van der Waals surface area contributed by atoms with E-state index < -0.39 is 30.2 Å². The first-order valence-electron chi connectivity index (χ1n) is 7.25. The lowest BCUT2D eigenvalue weighted by molar-refractivity contribution is -0.122. The van der Waals surface area contributed by atoms with Crippen LogP contribution in [0, 0.1) is 36.5 Å². The molecule has 0 spiro atoms. The third-order valence-corrected chi connectivity index (χ3v) is 3.35. The maximum absolute atomic E-state index is 12.2. The molecule has 0 aromatic carbocycles. The summed E-state index contributed by atoms with van der Waals surface area (Å²) < 4.78 is 9.82.